The molecule has 0 radical (unpaired) electrons. The monoisotopic (exact) mass is 461 g/mol. The number of hydrogen-bond acceptors (Lipinski definition) is 3. The minimum absolute atomic E-state index is 0.112. The number of methoxy groups -OCH3 is 1. The van der Waals surface area contributed by atoms with Crippen LogP contribution in [0.1, 0.15) is 58.8 Å². The normalized spacial score (nSPS) is 17.1. The molecule has 1 aliphatic rings. The van der Waals surface area contributed by atoms with Crippen molar-refractivity contribution in [3.63, 3.8) is 0 Å². The molecule has 1 atom stereocenters. The molecule has 1 amide bonds. The van der Waals surface area contributed by atoms with E-state index in [1.807, 2.05) is 0 Å². The van der Waals surface area contributed by atoms with Crippen LogP contribution >= 0.6 is 0 Å². The highest BCUT2D eigenvalue weighted by molar-refractivity contribution is 5.99. The zero-order valence-corrected chi connectivity index (χ0v) is 17.0. The Morgan fingerprint density at radius 1 is 1.03 bits per heavy atom. The number of carbonyl (C=O) groups is 1. The predicted octanol–water partition coefficient (Wildman–Crippen LogP) is 5.51. The van der Waals surface area contributed by atoms with Crippen molar-refractivity contribution in [1.29, 1.82) is 0 Å². The van der Waals surface area contributed by atoms with Crippen molar-refractivity contribution in [2.24, 2.45) is 0 Å². The number of carbonyl (C=O) groups excluding carboxylic acids is 1. The number of hydrogen-bond donors (Lipinski definition) is 2. The highest BCUT2D eigenvalue weighted by Gasteiger charge is 2.45. The quantitative estimate of drug-likeness (QED) is 0.578. The fraction of sp³-hybridized carbons (Fsp3) is 0.409. The van der Waals surface area contributed by atoms with Gasteiger partial charge in [0.15, 0.2) is 0 Å². The van der Waals surface area contributed by atoms with Gasteiger partial charge in [0.25, 0.3) is 5.91 Å². The van der Waals surface area contributed by atoms with E-state index in [2.05, 4.69) is 5.32 Å². The summed E-state index contributed by atoms with van der Waals surface area (Å²) in [6, 6.07) is 7.38. The summed E-state index contributed by atoms with van der Waals surface area (Å²) in [6.45, 7) is 0. The Morgan fingerprint density at radius 3 is 2.12 bits per heavy atom. The van der Waals surface area contributed by atoms with Crippen LogP contribution in [0, 0.1) is 0 Å². The average molecular weight is 461 g/mol. The third-order valence-corrected chi connectivity index (χ3v) is 5.60. The first-order chi connectivity index (χ1) is 14.9. The van der Waals surface area contributed by atoms with Crippen LogP contribution < -0.4 is 10.1 Å². The van der Waals surface area contributed by atoms with E-state index >= 15 is 0 Å². The first-order valence-corrected chi connectivity index (χ1v) is 9.81. The molecule has 174 valence electrons. The van der Waals surface area contributed by atoms with E-state index in [-0.39, 0.29) is 6.07 Å². The SMILES string of the molecule is COc1cc(C(F)(F)F)cc(C(F)(F)F)c1C(=O)NC(c1ccccc1)C1(O)CCCC1. The van der Waals surface area contributed by atoms with Crippen LogP contribution in [0.5, 0.6) is 5.75 Å². The Hall–Kier alpha value is -2.75. The highest BCUT2D eigenvalue weighted by Crippen LogP contribution is 2.43. The smallest absolute Gasteiger partial charge is 0.417 e. The predicted molar refractivity (Wildman–Crippen MR) is 103 cm³/mol. The zero-order chi connectivity index (χ0) is 23.7. The van der Waals surface area contributed by atoms with E-state index in [0.717, 1.165) is 7.11 Å². The molecule has 2 N–H and O–H groups in total. The Balaban J connectivity index is 2.10. The molecule has 1 saturated carbocycles. The van der Waals surface area contributed by atoms with Gasteiger partial charge in [0.1, 0.15) is 5.75 Å². The van der Waals surface area contributed by atoms with Crippen molar-refractivity contribution >= 4 is 5.91 Å². The molecule has 0 spiro atoms. The largest absolute Gasteiger partial charge is 0.496 e. The lowest BCUT2D eigenvalue weighted by Gasteiger charge is -2.34. The summed E-state index contributed by atoms with van der Waals surface area (Å²) in [5.41, 5.74) is -5.38. The minimum Gasteiger partial charge on any atom is -0.496 e. The second kappa shape index (κ2) is 8.65. The Bertz CT molecular complexity index is 966. The second-order valence-electron chi connectivity index (χ2n) is 7.72. The number of alkyl halides is 6. The van der Waals surface area contributed by atoms with Gasteiger partial charge in [0, 0.05) is 0 Å². The molecule has 2 aromatic carbocycles. The number of nitrogens with one attached hydrogen (secondary N) is 1. The van der Waals surface area contributed by atoms with Crippen molar-refractivity contribution in [2.75, 3.05) is 7.11 Å². The molecule has 32 heavy (non-hydrogen) atoms. The molecule has 0 saturated heterocycles. The molecule has 1 fully saturated rings. The molecule has 4 nitrogen and oxygen atoms in total. The molecule has 10 heteroatoms. The number of rotatable bonds is 5. The first kappa shape index (κ1) is 23.9. The van der Waals surface area contributed by atoms with E-state index in [0.29, 0.717) is 37.3 Å². The van der Waals surface area contributed by atoms with Gasteiger partial charge in [0.2, 0.25) is 0 Å². The fourth-order valence-electron chi connectivity index (χ4n) is 4.05. The summed E-state index contributed by atoms with van der Waals surface area (Å²) >= 11 is 0. The average Bonchev–Trinajstić information content (AvgIpc) is 3.17. The van der Waals surface area contributed by atoms with Crippen molar-refractivity contribution in [3.8, 4) is 5.75 Å². The molecule has 3 rings (SSSR count). The molecule has 0 aromatic heterocycles. The Kier molecular flexibility index (Phi) is 6.46. The lowest BCUT2D eigenvalue weighted by molar-refractivity contribution is -0.143. The topological polar surface area (TPSA) is 58.6 Å². The maximum Gasteiger partial charge on any atom is 0.417 e. The van der Waals surface area contributed by atoms with E-state index in [1.54, 1.807) is 30.3 Å². The van der Waals surface area contributed by atoms with Gasteiger partial charge in [-0.3, -0.25) is 4.79 Å². The van der Waals surface area contributed by atoms with Crippen LogP contribution in [-0.2, 0) is 12.4 Å². The highest BCUT2D eigenvalue weighted by atomic mass is 19.4. The van der Waals surface area contributed by atoms with Crippen molar-refractivity contribution in [2.45, 2.75) is 49.7 Å². The summed E-state index contributed by atoms with van der Waals surface area (Å²) < 4.78 is 85.2. The van der Waals surface area contributed by atoms with Crippen LogP contribution in [0.3, 0.4) is 0 Å². The van der Waals surface area contributed by atoms with Gasteiger partial charge in [-0.2, -0.15) is 26.3 Å². The first-order valence-electron chi connectivity index (χ1n) is 9.81. The molecular formula is C22H21F6NO3. The third kappa shape index (κ3) is 4.85. The van der Waals surface area contributed by atoms with Gasteiger partial charge in [-0.25, -0.2) is 0 Å². The number of benzene rings is 2. The van der Waals surface area contributed by atoms with Gasteiger partial charge < -0.3 is 15.2 Å². The summed E-state index contributed by atoms with van der Waals surface area (Å²) in [7, 11) is 0.881. The summed E-state index contributed by atoms with van der Waals surface area (Å²) in [6.07, 6.45) is -8.39. The van der Waals surface area contributed by atoms with Gasteiger partial charge >= 0.3 is 12.4 Å². The van der Waals surface area contributed by atoms with E-state index in [1.165, 1.54) is 0 Å². The minimum atomic E-state index is -5.26. The van der Waals surface area contributed by atoms with Crippen LogP contribution in [0.2, 0.25) is 0 Å². The van der Waals surface area contributed by atoms with E-state index in [4.69, 9.17) is 4.74 Å². The number of ether oxygens (including phenoxy) is 1. The molecule has 2 aromatic rings. The summed E-state index contributed by atoms with van der Waals surface area (Å²) in [4.78, 5) is 13.1. The van der Waals surface area contributed by atoms with Crippen molar-refractivity contribution in [3.05, 3.63) is 64.7 Å². The zero-order valence-electron chi connectivity index (χ0n) is 17.0. The van der Waals surface area contributed by atoms with Gasteiger partial charge in [-0.05, 0) is 30.5 Å². The lowest BCUT2D eigenvalue weighted by Crippen LogP contribution is -2.45. The van der Waals surface area contributed by atoms with Crippen LogP contribution in [0.4, 0.5) is 26.3 Å². The maximum atomic E-state index is 13.7. The number of amides is 1. The molecule has 1 aliphatic carbocycles. The molecule has 1 unspecified atom stereocenters. The molecule has 0 bridgehead atoms. The van der Waals surface area contributed by atoms with Crippen molar-refractivity contribution in [1.82, 2.24) is 5.32 Å². The molecule has 0 heterocycles. The lowest BCUT2D eigenvalue weighted by atomic mass is 9.86. The third-order valence-electron chi connectivity index (χ3n) is 5.60. The van der Waals surface area contributed by atoms with Gasteiger partial charge in [0.05, 0.1) is 35.4 Å². The summed E-state index contributed by atoms with van der Waals surface area (Å²) in [5, 5.41) is 13.5. The Labute approximate surface area is 180 Å². The van der Waals surface area contributed by atoms with Gasteiger partial charge in [-0.15, -0.1) is 0 Å². The molecular weight excluding hydrogens is 440 g/mol. The van der Waals surface area contributed by atoms with Crippen LogP contribution in [0.25, 0.3) is 0 Å². The molecule has 0 aliphatic heterocycles. The fourth-order valence-corrected chi connectivity index (χ4v) is 4.05. The standard InChI is InChI=1S/C22H21F6NO3/c1-32-16-12-14(21(23,24)25)11-15(22(26,27)28)17(16)19(30)29-18(13-7-3-2-4-8-13)20(31)9-5-6-10-20/h2-4,7-8,11-12,18,31H,5-6,9-10H2,1H3,(H,29,30). The number of aliphatic hydroxyl groups is 1. The van der Waals surface area contributed by atoms with Crippen LogP contribution in [-0.4, -0.2) is 23.7 Å². The van der Waals surface area contributed by atoms with E-state index in [9.17, 15) is 36.2 Å². The maximum absolute atomic E-state index is 13.7. The van der Waals surface area contributed by atoms with Crippen molar-refractivity contribution < 1.29 is 41.0 Å². The van der Waals surface area contributed by atoms with E-state index < -0.39 is 52.3 Å². The number of halogens is 6. The summed E-state index contributed by atoms with van der Waals surface area (Å²) in [5.74, 6) is -2.16. The second-order valence-corrected chi connectivity index (χ2v) is 7.72. The van der Waals surface area contributed by atoms with Gasteiger partial charge in [-0.1, -0.05) is 43.2 Å². The van der Waals surface area contributed by atoms with Crippen LogP contribution in [0.15, 0.2) is 42.5 Å². The Morgan fingerprint density at radius 2 is 1.62 bits per heavy atom.